The van der Waals surface area contributed by atoms with Crippen molar-refractivity contribution in [2.24, 2.45) is 0 Å². The summed E-state index contributed by atoms with van der Waals surface area (Å²) >= 11 is 6.35. The standard InChI is InChI=1S/C15H23ClN2O/c1-12(2)14-4-3-13(11-15(14)16)18-7-5-17(6-8-18)9-10-19/h3-4,11-12,19H,5-10H2,1-2H3. The van der Waals surface area contributed by atoms with Gasteiger partial charge in [-0.15, -0.1) is 0 Å². The Bertz CT molecular complexity index is 415. The number of hydrogen-bond acceptors (Lipinski definition) is 3. The van der Waals surface area contributed by atoms with Crippen molar-refractivity contribution in [1.82, 2.24) is 4.90 Å². The van der Waals surface area contributed by atoms with Gasteiger partial charge in [0.1, 0.15) is 0 Å². The van der Waals surface area contributed by atoms with Crippen molar-refractivity contribution >= 4 is 17.3 Å². The molecule has 1 aliphatic rings. The second-order valence-corrected chi connectivity index (χ2v) is 5.82. The van der Waals surface area contributed by atoms with Gasteiger partial charge in [-0.05, 0) is 23.6 Å². The summed E-state index contributed by atoms with van der Waals surface area (Å²) in [6, 6.07) is 6.39. The summed E-state index contributed by atoms with van der Waals surface area (Å²) in [4.78, 5) is 4.66. The molecule has 1 aromatic rings. The number of nitrogens with zero attached hydrogens (tertiary/aromatic N) is 2. The van der Waals surface area contributed by atoms with Gasteiger partial charge < -0.3 is 10.0 Å². The first-order chi connectivity index (χ1) is 9.11. The Morgan fingerprint density at radius 3 is 2.42 bits per heavy atom. The minimum atomic E-state index is 0.245. The Hall–Kier alpha value is -0.770. The van der Waals surface area contributed by atoms with Gasteiger partial charge in [0.05, 0.1) is 6.61 Å². The minimum absolute atomic E-state index is 0.245. The third-order valence-corrected chi connectivity index (χ3v) is 4.09. The molecule has 2 rings (SSSR count). The zero-order chi connectivity index (χ0) is 13.8. The lowest BCUT2D eigenvalue weighted by Crippen LogP contribution is -2.47. The molecule has 19 heavy (non-hydrogen) atoms. The van der Waals surface area contributed by atoms with Crippen molar-refractivity contribution in [3.63, 3.8) is 0 Å². The van der Waals surface area contributed by atoms with Crippen molar-refractivity contribution in [2.75, 3.05) is 44.2 Å². The van der Waals surface area contributed by atoms with Crippen LogP contribution in [0.1, 0.15) is 25.3 Å². The van der Waals surface area contributed by atoms with Crippen molar-refractivity contribution in [3.05, 3.63) is 28.8 Å². The molecule has 1 aromatic carbocycles. The summed E-state index contributed by atoms with van der Waals surface area (Å²) in [7, 11) is 0. The van der Waals surface area contributed by atoms with E-state index in [-0.39, 0.29) is 6.61 Å². The van der Waals surface area contributed by atoms with Crippen LogP contribution in [0.3, 0.4) is 0 Å². The topological polar surface area (TPSA) is 26.7 Å². The van der Waals surface area contributed by atoms with E-state index in [9.17, 15) is 0 Å². The average Bonchev–Trinajstić information content (AvgIpc) is 2.39. The Kier molecular flexibility index (Phi) is 5.08. The number of anilines is 1. The van der Waals surface area contributed by atoms with Crippen LogP contribution in [0.4, 0.5) is 5.69 Å². The van der Waals surface area contributed by atoms with Gasteiger partial charge in [0.15, 0.2) is 0 Å². The van der Waals surface area contributed by atoms with Gasteiger partial charge in [-0.25, -0.2) is 0 Å². The summed E-state index contributed by atoms with van der Waals surface area (Å²) in [5.41, 5.74) is 2.42. The molecule has 0 amide bonds. The van der Waals surface area contributed by atoms with Gasteiger partial charge in [0.2, 0.25) is 0 Å². The highest BCUT2D eigenvalue weighted by molar-refractivity contribution is 6.31. The largest absolute Gasteiger partial charge is 0.395 e. The lowest BCUT2D eigenvalue weighted by Gasteiger charge is -2.36. The van der Waals surface area contributed by atoms with E-state index < -0.39 is 0 Å². The maximum Gasteiger partial charge on any atom is 0.0558 e. The highest BCUT2D eigenvalue weighted by Crippen LogP contribution is 2.29. The van der Waals surface area contributed by atoms with Gasteiger partial charge in [0, 0.05) is 43.4 Å². The summed E-state index contributed by atoms with van der Waals surface area (Å²) < 4.78 is 0. The third kappa shape index (κ3) is 3.62. The van der Waals surface area contributed by atoms with Gasteiger partial charge in [-0.3, -0.25) is 4.90 Å². The van der Waals surface area contributed by atoms with E-state index in [1.54, 1.807) is 0 Å². The zero-order valence-electron chi connectivity index (χ0n) is 11.8. The molecule has 3 nitrogen and oxygen atoms in total. The molecule has 0 radical (unpaired) electrons. The molecule has 4 heteroatoms. The van der Waals surface area contributed by atoms with Crippen LogP contribution in [0.15, 0.2) is 18.2 Å². The number of aliphatic hydroxyl groups is 1. The monoisotopic (exact) mass is 282 g/mol. The van der Waals surface area contributed by atoms with Crippen LogP contribution in [-0.4, -0.2) is 49.3 Å². The molecule has 0 bridgehead atoms. The molecule has 1 N–H and O–H groups in total. The second-order valence-electron chi connectivity index (χ2n) is 5.41. The maximum atomic E-state index is 8.95. The number of aliphatic hydroxyl groups excluding tert-OH is 1. The van der Waals surface area contributed by atoms with Crippen LogP contribution >= 0.6 is 11.6 Å². The zero-order valence-corrected chi connectivity index (χ0v) is 12.5. The predicted molar refractivity (Wildman–Crippen MR) is 81.3 cm³/mol. The molecular formula is C15H23ClN2O. The fourth-order valence-electron chi connectivity index (χ4n) is 2.55. The van der Waals surface area contributed by atoms with E-state index in [0.717, 1.165) is 37.7 Å². The van der Waals surface area contributed by atoms with Crippen molar-refractivity contribution in [3.8, 4) is 0 Å². The quantitative estimate of drug-likeness (QED) is 0.919. The Morgan fingerprint density at radius 1 is 1.21 bits per heavy atom. The molecule has 0 saturated carbocycles. The molecule has 106 valence electrons. The van der Waals surface area contributed by atoms with E-state index in [1.165, 1.54) is 11.3 Å². The van der Waals surface area contributed by atoms with Gasteiger partial charge in [-0.1, -0.05) is 31.5 Å². The Morgan fingerprint density at radius 2 is 1.89 bits per heavy atom. The summed E-state index contributed by atoms with van der Waals surface area (Å²) in [5, 5.41) is 9.81. The number of rotatable bonds is 4. The maximum absolute atomic E-state index is 8.95. The number of β-amino-alcohol motifs (C(OH)–C–C–N with tert-alkyl or cyclic N) is 1. The molecule has 0 aliphatic carbocycles. The fourth-order valence-corrected chi connectivity index (χ4v) is 2.95. The molecule has 0 spiro atoms. The first-order valence-corrected chi connectivity index (χ1v) is 7.37. The lowest BCUT2D eigenvalue weighted by molar-refractivity contribution is 0.189. The van der Waals surface area contributed by atoms with Crippen molar-refractivity contribution < 1.29 is 5.11 Å². The van der Waals surface area contributed by atoms with E-state index in [4.69, 9.17) is 16.7 Å². The smallest absolute Gasteiger partial charge is 0.0558 e. The number of benzene rings is 1. The first-order valence-electron chi connectivity index (χ1n) is 6.99. The molecule has 1 fully saturated rings. The normalized spacial score (nSPS) is 17.2. The number of piperazine rings is 1. The van der Waals surface area contributed by atoms with Crippen LogP contribution in [0.2, 0.25) is 5.02 Å². The molecule has 0 unspecified atom stereocenters. The first kappa shape index (κ1) is 14.6. The van der Waals surface area contributed by atoms with Crippen molar-refractivity contribution in [2.45, 2.75) is 19.8 Å². The van der Waals surface area contributed by atoms with Crippen LogP contribution in [0.5, 0.6) is 0 Å². The lowest BCUT2D eigenvalue weighted by atomic mass is 10.0. The fraction of sp³-hybridized carbons (Fsp3) is 0.600. The van der Waals surface area contributed by atoms with Crippen LogP contribution in [0, 0.1) is 0 Å². The van der Waals surface area contributed by atoms with E-state index in [2.05, 4.69) is 41.8 Å². The van der Waals surface area contributed by atoms with Crippen LogP contribution in [0.25, 0.3) is 0 Å². The van der Waals surface area contributed by atoms with Gasteiger partial charge in [-0.2, -0.15) is 0 Å². The summed E-state index contributed by atoms with van der Waals surface area (Å²) in [6.07, 6.45) is 0. The number of hydrogen-bond donors (Lipinski definition) is 1. The average molecular weight is 283 g/mol. The van der Waals surface area contributed by atoms with Crippen LogP contribution < -0.4 is 4.90 Å². The van der Waals surface area contributed by atoms with Crippen molar-refractivity contribution in [1.29, 1.82) is 0 Å². The second kappa shape index (κ2) is 6.60. The molecule has 0 aromatic heterocycles. The van der Waals surface area contributed by atoms with Gasteiger partial charge in [0.25, 0.3) is 0 Å². The SMILES string of the molecule is CC(C)c1ccc(N2CCN(CCO)CC2)cc1Cl. The minimum Gasteiger partial charge on any atom is -0.395 e. The third-order valence-electron chi connectivity index (χ3n) is 3.76. The highest BCUT2D eigenvalue weighted by Gasteiger charge is 2.17. The summed E-state index contributed by atoms with van der Waals surface area (Å²) in [5.74, 6) is 0.461. The molecular weight excluding hydrogens is 260 g/mol. The molecule has 1 heterocycles. The van der Waals surface area contributed by atoms with Gasteiger partial charge >= 0.3 is 0 Å². The van der Waals surface area contributed by atoms with E-state index in [1.807, 2.05) is 0 Å². The Labute approximate surface area is 120 Å². The van der Waals surface area contributed by atoms with E-state index >= 15 is 0 Å². The van der Waals surface area contributed by atoms with Crippen LogP contribution in [-0.2, 0) is 0 Å². The Balaban J connectivity index is 2.02. The molecule has 1 aliphatic heterocycles. The molecule has 0 atom stereocenters. The predicted octanol–water partition coefficient (Wildman–Crippen LogP) is 2.58. The van der Waals surface area contributed by atoms with E-state index in [0.29, 0.717) is 5.92 Å². The molecule has 1 saturated heterocycles. The highest BCUT2D eigenvalue weighted by atomic mass is 35.5. The summed E-state index contributed by atoms with van der Waals surface area (Å²) in [6.45, 7) is 9.35. The number of halogens is 1.